The lowest BCUT2D eigenvalue weighted by atomic mass is 9.91. The molecule has 0 saturated carbocycles. The molecule has 70 heavy (non-hydrogen) atoms. The number of fused-ring (bicyclic) bond motifs is 15. The Balaban J connectivity index is 0.920. The Morgan fingerprint density at radius 3 is 1.61 bits per heavy atom. The van der Waals surface area contributed by atoms with Crippen molar-refractivity contribution < 1.29 is 8.83 Å². The molecular weight excluding hydrogens is 853 g/mol. The number of furan rings is 2. The third kappa shape index (κ3) is 5.71. The fourth-order valence-electron chi connectivity index (χ4n) is 11.4. The summed E-state index contributed by atoms with van der Waals surface area (Å²) < 4.78 is 16.4. The van der Waals surface area contributed by atoms with Crippen molar-refractivity contribution in [3.8, 4) is 61.3 Å². The van der Waals surface area contributed by atoms with Gasteiger partial charge in [0.25, 0.3) is 0 Å². The zero-order valence-corrected chi connectivity index (χ0v) is 37.8. The van der Waals surface area contributed by atoms with E-state index < -0.39 is 0 Å². The highest BCUT2D eigenvalue weighted by Crippen LogP contribution is 2.52. The maximum absolute atomic E-state index is 7.44. The molecule has 1 aliphatic rings. The zero-order valence-electron chi connectivity index (χ0n) is 37.8. The van der Waals surface area contributed by atoms with Crippen molar-refractivity contribution in [2.75, 3.05) is 4.90 Å². The fraction of sp³-hybridized carbons (Fsp3) is 0. The van der Waals surface area contributed by atoms with Crippen LogP contribution in [-0.2, 0) is 0 Å². The Bertz CT molecular complexity index is 4380. The molecule has 0 saturated heterocycles. The first-order chi connectivity index (χ1) is 34.7. The molecule has 11 aromatic carbocycles. The van der Waals surface area contributed by atoms with E-state index in [4.69, 9.17) is 8.83 Å². The lowest BCUT2D eigenvalue weighted by Gasteiger charge is -2.26. The second-order valence-electron chi connectivity index (χ2n) is 18.3. The van der Waals surface area contributed by atoms with Crippen LogP contribution in [0.5, 0.6) is 0 Å². The summed E-state index contributed by atoms with van der Waals surface area (Å²) in [5.74, 6) is 0. The minimum atomic E-state index is 0.827. The van der Waals surface area contributed by atoms with E-state index in [-0.39, 0.29) is 0 Å². The third-order valence-corrected chi connectivity index (χ3v) is 14.6. The molecule has 0 unspecified atom stereocenters. The monoisotopic (exact) mass is 892 g/mol. The third-order valence-electron chi connectivity index (χ3n) is 14.6. The lowest BCUT2D eigenvalue weighted by Crippen LogP contribution is -2.10. The van der Waals surface area contributed by atoms with E-state index in [2.05, 4.69) is 240 Å². The second-order valence-corrected chi connectivity index (χ2v) is 18.3. The molecule has 0 atom stereocenters. The van der Waals surface area contributed by atoms with E-state index in [0.29, 0.717) is 0 Å². The molecule has 0 spiro atoms. The van der Waals surface area contributed by atoms with Gasteiger partial charge in [0.15, 0.2) is 5.58 Å². The summed E-state index contributed by atoms with van der Waals surface area (Å²) in [6, 6.07) is 87.3. The molecule has 4 heterocycles. The van der Waals surface area contributed by atoms with Crippen molar-refractivity contribution in [1.29, 1.82) is 0 Å². The molecule has 0 aliphatic carbocycles. The number of nitrogens with zero attached hydrogens (tertiary/aromatic N) is 2. The van der Waals surface area contributed by atoms with Gasteiger partial charge in [0.1, 0.15) is 16.7 Å². The molecule has 0 bridgehead atoms. The van der Waals surface area contributed by atoms with Gasteiger partial charge in [0.05, 0.1) is 22.4 Å². The van der Waals surface area contributed by atoms with Crippen molar-refractivity contribution in [3.05, 3.63) is 243 Å². The largest absolute Gasteiger partial charge is 0.455 e. The number of benzene rings is 11. The van der Waals surface area contributed by atoms with Crippen molar-refractivity contribution in [1.82, 2.24) is 4.57 Å². The van der Waals surface area contributed by atoms with Crippen LogP contribution in [-0.4, -0.2) is 4.57 Å². The molecule has 3 aromatic heterocycles. The summed E-state index contributed by atoms with van der Waals surface area (Å²) in [5.41, 5.74) is 21.5. The van der Waals surface area contributed by atoms with E-state index in [9.17, 15) is 0 Å². The Labute approximate surface area is 403 Å². The first-order valence-electron chi connectivity index (χ1n) is 23.9. The van der Waals surface area contributed by atoms with E-state index >= 15 is 0 Å². The van der Waals surface area contributed by atoms with Gasteiger partial charge in [-0.1, -0.05) is 188 Å². The van der Waals surface area contributed by atoms with Gasteiger partial charge in [0.2, 0.25) is 0 Å². The SMILES string of the molecule is c1ccc(-c2ccc(-c3ccc(N(c4ccc(-c5cccc6c5oc5ccccc56)cc4)c4cccc5c4oc4c6c(ccc45)-c4ccccc4-n4c5ccccc5c5cccc-6c54)cc3)cc2)cc1. The summed E-state index contributed by atoms with van der Waals surface area (Å²) in [4.78, 5) is 2.34. The van der Waals surface area contributed by atoms with Gasteiger partial charge in [-0.15, -0.1) is 0 Å². The van der Waals surface area contributed by atoms with Crippen LogP contribution < -0.4 is 4.90 Å². The zero-order chi connectivity index (χ0) is 45.9. The highest BCUT2D eigenvalue weighted by molar-refractivity contribution is 6.22. The van der Waals surface area contributed by atoms with Gasteiger partial charge >= 0.3 is 0 Å². The van der Waals surface area contributed by atoms with Gasteiger partial charge < -0.3 is 18.3 Å². The van der Waals surface area contributed by atoms with Gasteiger partial charge in [-0.2, -0.15) is 0 Å². The van der Waals surface area contributed by atoms with Crippen LogP contribution in [0.25, 0.3) is 127 Å². The van der Waals surface area contributed by atoms with E-state index in [0.717, 1.165) is 106 Å². The smallest absolute Gasteiger partial charge is 0.159 e. The van der Waals surface area contributed by atoms with Crippen LogP contribution in [0.15, 0.2) is 251 Å². The van der Waals surface area contributed by atoms with Crippen LogP contribution in [0.4, 0.5) is 17.1 Å². The molecule has 0 radical (unpaired) electrons. The number of hydrogen-bond acceptors (Lipinski definition) is 3. The maximum atomic E-state index is 7.44. The quantitative estimate of drug-likeness (QED) is 0.167. The molecule has 0 amide bonds. The molecule has 15 rings (SSSR count). The van der Waals surface area contributed by atoms with Gasteiger partial charge in [-0.25, -0.2) is 0 Å². The average Bonchev–Trinajstić information content (AvgIpc) is 4.09. The van der Waals surface area contributed by atoms with Gasteiger partial charge in [-0.05, 0) is 88.0 Å². The standard InChI is InChI=1S/C66H40N2O2/c1-2-13-41(14-3-1)42-27-29-43(30-28-42)44-31-35-46(36-32-44)67(47-37-33-45(34-38-47)48-18-10-20-54-51-17-6-9-26-61(51)69-64(48)54)60-25-12-21-55-56-40-39-52-49-15-4-7-23-58(49)68-59-24-8-5-16-50(59)53-19-11-22-57(63(53)68)62(52)66(56)70-65(55)60/h1-40H. The van der Waals surface area contributed by atoms with Crippen molar-refractivity contribution in [3.63, 3.8) is 0 Å². The fourth-order valence-corrected chi connectivity index (χ4v) is 11.4. The second kappa shape index (κ2) is 15.1. The van der Waals surface area contributed by atoms with Crippen molar-refractivity contribution in [2.24, 2.45) is 0 Å². The Morgan fingerprint density at radius 1 is 0.300 bits per heavy atom. The van der Waals surface area contributed by atoms with Crippen LogP contribution >= 0.6 is 0 Å². The summed E-state index contributed by atoms with van der Waals surface area (Å²) in [5, 5.41) is 6.85. The molecule has 4 heteroatoms. The topological polar surface area (TPSA) is 34.5 Å². The Morgan fingerprint density at radius 2 is 0.843 bits per heavy atom. The number of para-hydroxylation sites is 6. The van der Waals surface area contributed by atoms with Crippen LogP contribution in [0.2, 0.25) is 0 Å². The molecule has 0 fully saturated rings. The molecule has 14 aromatic rings. The van der Waals surface area contributed by atoms with E-state index in [1.165, 1.54) is 38.5 Å². The molecule has 4 nitrogen and oxygen atoms in total. The van der Waals surface area contributed by atoms with Crippen LogP contribution in [0, 0.1) is 0 Å². The first-order valence-corrected chi connectivity index (χ1v) is 23.9. The number of rotatable bonds is 6. The highest BCUT2D eigenvalue weighted by Gasteiger charge is 2.29. The summed E-state index contributed by atoms with van der Waals surface area (Å²) in [6.07, 6.45) is 0. The minimum absolute atomic E-state index is 0.827. The Hall–Kier alpha value is -9.38. The first kappa shape index (κ1) is 38.7. The van der Waals surface area contributed by atoms with E-state index in [1.54, 1.807) is 0 Å². The highest BCUT2D eigenvalue weighted by atomic mass is 16.3. The molecule has 0 N–H and O–H groups in total. The number of aromatic nitrogens is 1. The molecule has 326 valence electrons. The predicted octanol–water partition coefficient (Wildman–Crippen LogP) is 18.7. The van der Waals surface area contributed by atoms with Crippen molar-refractivity contribution in [2.45, 2.75) is 0 Å². The van der Waals surface area contributed by atoms with Gasteiger partial charge in [-0.3, -0.25) is 0 Å². The van der Waals surface area contributed by atoms with E-state index in [1.807, 2.05) is 12.1 Å². The number of hydrogen-bond donors (Lipinski definition) is 0. The Kier molecular flexibility index (Phi) is 8.33. The number of anilines is 3. The summed E-state index contributed by atoms with van der Waals surface area (Å²) in [6.45, 7) is 0. The average molecular weight is 893 g/mol. The minimum Gasteiger partial charge on any atom is -0.455 e. The molecular formula is C66H40N2O2. The lowest BCUT2D eigenvalue weighted by molar-refractivity contribution is 0.670. The molecule has 1 aliphatic heterocycles. The normalized spacial score (nSPS) is 12.0. The van der Waals surface area contributed by atoms with Crippen LogP contribution in [0.1, 0.15) is 0 Å². The van der Waals surface area contributed by atoms with Crippen molar-refractivity contribution >= 4 is 82.7 Å². The van der Waals surface area contributed by atoms with Crippen LogP contribution in [0.3, 0.4) is 0 Å². The summed E-state index contributed by atoms with van der Waals surface area (Å²) in [7, 11) is 0. The predicted molar refractivity (Wildman–Crippen MR) is 291 cm³/mol. The summed E-state index contributed by atoms with van der Waals surface area (Å²) >= 11 is 0. The van der Waals surface area contributed by atoms with Gasteiger partial charge in [0, 0.05) is 65.9 Å². The maximum Gasteiger partial charge on any atom is 0.159 e.